The Kier molecular flexibility index (Phi) is 4.01. The molecular weight excluding hydrogens is 362 g/mol. The van der Waals surface area contributed by atoms with E-state index in [0.717, 1.165) is 48.9 Å². The zero-order chi connectivity index (χ0) is 18.2. The summed E-state index contributed by atoms with van der Waals surface area (Å²) in [5.41, 5.74) is 3.82. The van der Waals surface area contributed by atoms with E-state index in [2.05, 4.69) is 25.1 Å². The van der Waals surface area contributed by atoms with Crippen LogP contribution in [0.25, 0.3) is 17.0 Å². The summed E-state index contributed by atoms with van der Waals surface area (Å²) < 4.78 is 1.96. The fraction of sp³-hybridized carbons (Fsp3) is 0.263. The average molecular weight is 380 g/mol. The van der Waals surface area contributed by atoms with Gasteiger partial charge in [-0.25, -0.2) is 15.0 Å². The first kappa shape index (κ1) is 16.3. The second-order valence-electron chi connectivity index (χ2n) is 6.78. The number of aromatic nitrogens is 6. The number of halogens is 1. The Morgan fingerprint density at radius 1 is 1.15 bits per heavy atom. The van der Waals surface area contributed by atoms with Gasteiger partial charge in [-0.15, -0.1) is 0 Å². The van der Waals surface area contributed by atoms with Crippen LogP contribution in [0.3, 0.4) is 0 Å². The molecule has 27 heavy (non-hydrogen) atoms. The van der Waals surface area contributed by atoms with Crippen LogP contribution in [0.5, 0.6) is 0 Å². The summed E-state index contributed by atoms with van der Waals surface area (Å²) in [6.07, 6.45) is 11.6. The molecule has 0 aromatic carbocycles. The smallest absolute Gasteiger partial charge is 0.225 e. The van der Waals surface area contributed by atoms with Crippen molar-refractivity contribution in [3.8, 4) is 11.4 Å². The molecule has 8 heteroatoms. The van der Waals surface area contributed by atoms with E-state index in [1.807, 2.05) is 53.6 Å². The first-order valence-corrected chi connectivity index (χ1v) is 9.35. The Bertz CT molecular complexity index is 1070. The van der Waals surface area contributed by atoms with Gasteiger partial charge in [0.1, 0.15) is 5.65 Å². The second kappa shape index (κ2) is 6.66. The molecule has 0 aliphatic carbocycles. The van der Waals surface area contributed by atoms with Crippen molar-refractivity contribution >= 4 is 23.2 Å². The van der Waals surface area contributed by atoms with Gasteiger partial charge in [0.25, 0.3) is 0 Å². The number of nitrogens with zero attached hydrogens (tertiary/aromatic N) is 6. The summed E-state index contributed by atoms with van der Waals surface area (Å²) in [4.78, 5) is 16.0. The van der Waals surface area contributed by atoms with E-state index in [1.165, 1.54) is 5.56 Å². The molecule has 0 saturated carbocycles. The molecule has 0 radical (unpaired) electrons. The third-order valence-electron chi connectivity index (χ3n) is 5.07. The maximum atomic E-state index is 6.16. The van der Waals surface area contributed by atoms with Crippen LogP contribution in [0.2, 0.25) is 5.02 Å². The molecule has 5 heterocycles. The number of hydrogen-bond donors (Lipinski definition) is 1. The van der Waals surface area contributed by atoms with Crippen molar-refractivity contribution < 1.29 is 0 Å². The van der Waals surface area contributed by atoms with E-state index in [-0.39, 0.29) is 0 Å². The van der Waals surface area contributed by atoms with Gasteiger partial charge in [-0.05, 0) is 36.6 Å². The van der Waals surface area contributed by atoms with Crippen LogP contribution < -0.4 is 4.90 Å². The third-order valence-corrected chi connectivity index (χ3v) is 5.29. The topological polar surface area (TPSA) is 75.0 Å². The molecular formula is C19H18ClN7. The van der Waals surface area contributed by atoms with Gasteiger partial charge in [-0.3, -0.25) is 9.50 Å². The standard InChI is InChI=1S/C19H18ClN7/c20-15-3-4-18-22-10-17(27(18)12-15)16-5-6-21-19(25-16)26-7-1-2-13(11-26)14-8-23-24-9-14/h3-6,8-10,12-13H,1-2,7,11H2,(H,23,24). The molecule has 4 aromatic heterocycles. The van der Waals surface area contributed by atoms with Crippen LogP contribution in [-0.4, -0.2) is 42.6 Å². The quantitative estimate of drug-likeness (QED) is 0.589. The largest absolute Gasteiger partial charge is 0.340 e. The number of nitrogens with one attached hydrogen (secondary N) is 1. The van der Waals surface area contributed by atoms with Crippen molar-refractivity contribution in [2.75, 3.05) is 18.0 Å². The average Bonchev–Trinajstić information content (AvgIpc) is 3.38. The summed E-state index contributed by atoms with van der Waals surface area (Å²) in [5, 5.41) is 7.66. The Balaban J connectivity index is 1.47. The summed E-state index contributed by atoms with van der Waals surface area (Å²) in [5.74, 6) is 1.19. The zero-order valence-corrected chi connectivity index (χ0v) is 15.3. The number of rotatable bonds is 3. The van der Waals surface area contributed by atoms with Gasteiger partial charge in [-0.1, -0.05) is 11.6 Å². The summed E-state index contributed by atoms with van der Waals surface area (Å²) >= 11 is 6.16. The van der Waals surface area contributed by atoms with Crippen molar-refractivity contribution in [2.45, 2.75) is 18.8 Å². The molecule has 1 aliphatic heterocycles. The van der Waals surface area contributed by atoms with E-state index in [9.17, 15) is 0 Å². The SMILES string of the molecule is Clc1ccc2ncc(-c3ccnc(N4CCCC(c5cn[nH]c5)C4)n3)n2c1. The minimum absolute atomic E-state index is 0.444. The van der Waals surface area contributed by atoms with Crippen LogP contribution >= 0.6 is 11.6 Å². The minimum atomic E-state index is 0.444. The van der Waals surface area contributed by atoms with E-state index in [4.69, 9.17) is 16.6 Å². The van der Waals surface area contributed by atoms with E-state index >= 15 is 0 Å². The predicted octanol–water partition coefficient (Wildman–Crippen LogP) is 3.55. The molecule has 0 bridgehead atoms. The minimum Gasteiger partial charge on any atom is -0.340 e. The van der Waals surface area contributed by atoms with Crippen molar-refractivity contribution in [2.24, 2.45) is 0 Å². The highest BCUT2D eigenvalue weighted by Crippen LogP contribution is 2.29. The fourth-order valence-corrected chi connectivity index (χ4v) is 3.86. The van der Waals surface area contributed by atoms with Crippen molar-refractivity contribution in [1.29, 1.82) is 0 Å². The Labute approximate surface area is 161 Å². The number of fused-ring (bicyclic) bond motifs is 1. The molecule has 1 aliphatic rings. The molecule has 1 N–H and O–H groups in total. The number of H-pyrrole nitrogens is 1. The van der Waals surface area contributed by atoms with Gasteiger partial charge < -0.3 is 4.90 Å². The lowest BCUT2D eigenvalue weighted by atomic mass is 9.93. The number of imidazole rings is 1. The number of pyridine rings is 1. The lowest BCUT2D eigenvalue weighted by molar-refractivity contribution is 0.504. The summed E-state index contributed by atoms with van der Waals surface area (Å²) in [6, 6.07) is 5.64. The highest BCUT2D eigenvalue weighted by atomic mass is 35.5. The molecule has 1 atom stereocenters. The fourth-order valence-electron chi connectivity index (χ4n) is 3.70. The van der Waals surface area contributed by atoms with Crippen LogP contribution in [0.1, 0.15) is 24.3 Å². The lowest BCUT2D eigenvalue weighted by Crippen LogP contribution is -2.35. The summed E-state index contributed by atoms with van der Waals surface area (Å²) in [7, 11) is 0. The molecule has 1 fully saturated rings. The van der Waals surface area contributed by atoms with E-state index in [0.29, 0.717) is 10.9 Å². The molecule has 1 unspecified atom stereocenters. The van der Waals surface area contributed by atoms with Gasteiger partial charge in [0.2, 0.25) is 5.95 Å². The Hall–Kier alpha value is -2.93. The van der Waals surface area contributed by atoms with Crippen molar-refractivity contribution in [1.82, 2.24) is 29.5 Å². The van der Waals surface area contributed by atoms with E-state index in [1.54, 1.807) is 0 Å². The second-order valence-corrected chi connectivity index (χ2v) is 7.21. The highest BCUT2D eigenvalue weighted by molar-refractivity contribution is 6.30. The van der Waals surface area contributed by atoms with Gasteiger partial charge in [0, 0.05) is 37.6 Å². The molecule has 136 valence electrons. The monoisotopic (exact) mass is 379 g/mol. The number of hydrogen-bond acceptors (Lipinski definition) is 5. The van der Waals surface area contributed by atoms with Gasteiger partial charge in [-0.2, -0.15) is 5.10 Å². The molecule has 0 spiro atoms. The molecule has 5 rings (SSSR count). The zero-order valence-electron chi connectivity index (χ0n) is 14.6. The number of aromatic amines is 1. The number of piperidine rings is 1. The van der Waals surface area contributed by atoms with Gasteiger partial charge >= 0.3 is 0 Å². The Morgan fingerprint density at radius 3 is 3.00 bits per heavy atom. The van der Waals surface area contributed by atoms with Gasteiger partial charge in [0.05, 0.1) is 28.8 Å². The van der Waals surface area contributed by atoms with Crippen LogP contribution in [0, 0.1) is 0 Å². The first-order chi connectivity index (χ1) is 13.3. The van der Waals surface area contributed by atoms with Crippen molar-refractivity contribution in [3.05, 3.63) is 59.8 Å². The normalized spacial score (nSPS) is 17.5. The van der Waals surface area contributed by atoms with Crippen molar-refractivity contribution in [3.63, 3.8) is 0 Å². The third kappa shape index (κ3) is 3.04. The maximum Gasteiger partial charge on any atom is 0.225 e. The Morgan fingerprint density at radius 2 is 2.11 bits per heavy atom. The van der Waals surface area contributed by atoms with E-state index < -0.39 is 0 Å². The maximum absolute atomic E-state index is 6.16. The lowest BCUT2D eigenvalue weighted by Gasteiger charge is -2.32. The van der Waals surface area contributed by atoms with Gasteiger partial charge in [0.15, 0.2) is 0 Å². The molecule has 7 nitrogen and oxygen atoms in total. The molecule has 1 saturated heterocycles. The summed E-state index contributed by atoms with van der Waals surface area (Å²) in [6.45, 7) is 1.85. The highest BCUT2D eigenvalue weighted by Gasteiger charge is 2.24. The number of anilines is 1. The van der Waals surface area contributed by atoms with Crippen LogP contribution in [0.4, 0.5) is 5.95 Å². The first-order valence-electron chi connectivity index (χ1n) is 8.97. The molecule has 4 aromatic rings. The predicted molar refractivity (Wildman–Crippen MR) is 104 cm³/mol. The van der Waals surface area contributed by atoms with Crippen LogP contribution in [0.15, 0.2) is 49.2 Å². The van der Waals surface area contributed by atoms with Crippen LogP contribution in [-0.2, 0) is 0 Å². The molecule has 0 amide bonds.